The Kier molecular flexibility index (Phi) is 5.65. The van der Waals surface area contributed by atoms with Gasteiger partial charge >= 0.3 is 61.6 Å². The topological polar surface area (TPSA) is 84.9 Å². The molecule has 100 valence electrons. The van der Waals surface area contributed by atoms with Gasteiger partial charge in [0.15, 0.2) is 0 Å². The summed E-state index contributed by atoms with van der Waals surface area (Å²) in [6.07, 6.45) is 0. The molecule has 1 aliphatic rings. The first kappa shape index (κ1) is 16.7. The number of hydrogen-bond donors (Lipinski definition) is 1. The van der Waals surface area contributed by atoms with E-state index in [2.05, 4.69) is 0 Å². The van der Waals surface area contributed by atoms with Crippen molar-refractivity contribution in [1.82, 2.24) is 4.72 Å². The molecule has 1 amide bonds. The molecule has 0 saturated carbocycles. The Balaban J connectivity index is 0.00000180. The number of rotatable bonds is 3. The number of amides is 1. The summed E-state index contributed by atoms with van der Waals surface area (Å²) in [7, 11) is -0.923. The van der Waals surface area contributed by atoms with E-state index in [0.29, 0.717) is 11.5 Å². The van der Waals surface area contributed by atoms with E-state index in [0.717, 1.165) is 4.31 Å². The molecule has 1 aromatic rings. The number of methoxy groups -OCH3 is 2. The fraction of sp³-hybridized carbons (Fsp3) is 0.300. The van der Waals surface area contributed by atoms with Crippen LogP contribution < -0.4 is 18.5 Å². The second-order valence-corrected chi connectivity index (χ2v) is 5.17. The number of anilines is 1. The van der Waals surface area contributed by atoms with Crippen LogP contribution in [0, 0.1) is 0 Å². The van der Waals surface area contributed by atoms with Crippen LogP contribution >= 0.6 is 0 Å². The van der Waals surface area contributed by atoms with Crippen molar-refractivity contribution in [3.8, 4) is 11.5 Å². The Morgan fingerprint density at radius 1 is 1.26 bits per heavy atom. The van der Waals surface area contributed by atoms with Crippen LogP contribution in [-0.4, -0.2) is 86.5 Å². The summed E-state index contributed by atoms with van der Waals surface area (Å²) in [4.78, 5) is 11.2. The second-order valence-electron chi connectivity index (χ2n) is 3.57. The van der Waals surface area contributed by atoms with E-state index in [1.807, 2.05) is 4.72 Å². The third-order valence-corrected chi connectivity index (χ3v) is 3.87. The zero-order valence-corrected chi connectivity index (χ0v) is 10.7. The maximum atomic E-state index is 11.7. The van der Waals surface area contributed by atoms with E-state index in [9.17, 15) is 13.2 Å². The van der Waals surface area contributed by atoms with Crippen molar-refractivity contribution in [3.63, 3.8) is 0 Å². The predicted molar refractivity (Wildman–Crippen MR) is 71.1 cm³/mol. The minimum absolute atomic E-state index is 0. The maximum absolute atomic E-state index is 11.7. The van der Waals surface area contributed by atoms with E-state index in [1.54, 1.807) is 12.1 Å². The van der Waals surface area contributed by atoms with Crippen molar-refractivity contribution in [2.45, 2.75) is 0 Å². The van der Waals surface area contributed by atoms with Gasteiger partial charge in [0.05, 0.1) is 19.9 Å². The average Bonchev–Trinajstić information content (AvgIpc) is 2.61. The number of nitrogens with one attached hydrogen (secondary N) is 1. The summed E-state index contributed by atoms with van der Waals surface area (Å²) < 4.78 is 36.4. The molecule has 0 bridgehead atoms. The van der Waals surface area contributed by atoms with Crippen molar-refractivity contribution in [3.05, 3.63) is 18.2 Å². The average molecular weight is 312 g/mol. The van der Waals surface area contributed by atoms with E-state index in [-0.39, 0.29) is 63.6 Å². The quantitative estimate of drug-likeness (QED) is 0.741. The van der Waals surface area contributed by atoms with Gasteiger partial charge in [0.2, 0.25) is 0 Å². The van der Waals surface area contributed by atoms with Gasteiger partial charge in [-0.1, -0.05) is 0 Å². The van der Waals surface area contributed by atoms with Crippen LogP contribution in [0.2, 0.25) is 0 Å². The van der Waals surface area contributed by atoms with Crippen molar-refractivity contribution < 1.29 is 22.7 Å². The fourth-order valence-electron chi connectivity index (χ4n) is 1.65. The first-order valence-electron chi connectivity index (χ1n) is 5.03. The molecule has 0 atom stereocenters. The van der Waals surface area contributed by atoms with E-state index in [1.165, 1.54) is 20.3 Å². The monoisotopic (exact) mass is 312 g/mol. The third kappa shape index (κ3) is 3.41. The van der Waals surface area contributed by atoms with E-state index in [4.69, 9.17) is 9.47 Å². The molecule has 1 aromatic carbocycles. The number of benzene rings is 1. The molecule has 19 heavy (non-hydrogen) atoms. The van der Waals surface area contributed by atoms with Gasteiger partial charge in [-0.2, -0.15) is 8.42 Å². The Hall–Kier alpha value is -0.324. The Labute approximate surface area is 153 Å². The van der Waals surface area contributed by atoms with E-state index >= 15 is 0 Å². The molecule has 1 heterocycles. The molecule has 1 saturated heterocycles. The van der Waals surface area contributed by atoms with Crippen molar-refractivity contribution in [2.24, 2.45) is 0 Å². The SMILES string of the molecule is COc1ccc(N2CC(=O)NS2(=O)=O)c(OC)c1.[KH]. The van der Waals surface area contributed by atoms with Crippen molar-refractivity contribution >= 4 is 73.2 Å². The van der Waals surface area contributed by atoms with Gasteiger partial charge in [-0.3, -0.25) is 4.79 Å². The van der Waals surface area contributed by atoms with Crippen LogP contribution in [0.15, 0.2) is 18.2 Å². The number of nitrogens with zero attached hydrogens (tertiary/aromatic N) is 1. The van der Waals surface area contributed by atoms with Crippen molar-refractivity contribution in [2.75, 3.05) is 25.1 Å². The summed E-state index contributed by atoms with van der Waals surface area (Å²) in [6, 6.07) is 4.67. The molecule has 1 N–H and O–H groups in total. The first-order valence-corrected chi connectivity index (χ1v) is 6.47. The van der Waals surface area contributed by atoms with Crippen LogP contribution in [0.1, 0.15) is 0 Å². The molecule has 0 aliphatic carbocycles. The van der Waals surface area contributed by atoms with Crippen LogP contribution in [0.5, 0.6) is 11.5 Å². The van der Waals surface area contributed by atoms with Gasteiger partial charge in [0, 0.05) is 6.07 Å². The number of hydrogen-bond acceptors (Lipinski definition) is 5. The Morgan fingerprint density at radius 3 is 2.42 bits per heavy atom. The van der Waals surface area contributed by atoms with Gasteiger partial charge in [0.1, 0.15) is 18.0 Å². The van der Waals surface area contributed by atoms with Crippen LogP contribution in [0.3, 0.4) is 0 Å². The van der Waals surface area contributed by atoms with Crippen LogP contribution in [0.4, 0.5) is 5.69 Å². The molecule has 9 heteroatoms. The summed E-state index contributed by atoms with van der Waals surface area (Å²) >= 11 is 0. The molecular formula is C10H13KN2O5S. The molecule has 0 aromatic heterocycles. The first-order chi connectivity index (χ1) is 8.47. The number of ether oxygens (including phenoxy) is 2. The summed E-state index contributed by atoms with van der Waals surface area (Å²) in [5, 5.41) is 0. The molecule has 0 spiro atoms. The molecule has 7 nitrogen and oxygen atoms in total. The zero-order valence-electron chi connectivity index (χ0n) is 9.84. The molecule has 0 radical (unpaired) electrons. The van der Waals surface area contributed by atoms with Gasteiger partial charge < -0.3 is 9.47 Å². The summed E-state index contributed by atoms with van der Waals surface area (Å²) in [6.45, 7) is -0.259. The molecule has 2 rings (SSSR count). The van der Waals surface area contributed by atoms with Gasteiger partial charge in [0.25, 0.3) is 5.91 Å². The molecule has 0 unspecified atom stereocenters. The zero-order chi connectivity index (χ0) is 13.3. The van der Waals surface area contributed by atoms with E-state index < -0.39 is 16.1 Å². The predicted octanol–water partition coefficient (Wildman–Crippen LogP) is -0.764. The van der Waals surface area contributed by atoms with Crippen LogP contribution in [0.25, 0.3) is 0 Å². The normalized spacial score (nSPS) is 16.5. The summed E-state index contributed by atoms with van der Waals surface area (Å²) in [5.41, 5.74) is 0.289. The van der Waals surface area contributed by atoms with Gasteiger partial charge in [-0.05, 0) is 12.1 Å². The Bertz CT molecular complexity index is 590. The van der Waals surface area contributed by atoms with Crippen LogP contribution in [-0.2, 0) is 15.0 Å². The minimum atomic E-state index is -3.83. The van der Waals surface area contributed by atoms with Gasteiger partial charge in [-0.25, -0.2) is 9.03 Å². The summed E-state index contributed by atoms with van der Waals surface area (Å²) in [5.74, 6) is 0.272. The second kappa shape index (κ2) is 6.42. The van der Waals surface area contributed by atoms with Crippen molar-refractivity contribution in [1.29, 1.82) is 0 Å². The molecular weight excluding hydrogens is 299 g/mol. The molecule has 1 fully saturated rings. The number of carbonyl (C=O) groups is 1. The number of carbonyl (C=O) groups excluding carboxylic acids is 1. The third-order valence-electron chi connectivity index (χ3n) is 2.48. The van der Waals surface area contributed by atoms with Gasteiger partial charge in [-0.15, -0.1) is 0 Å². The molecule has 1 aliphatic heterocycles. The standard InChI is InChI=1S/C10H12N2O5S.K.H/c1-16-7-3-4-8(9(5-7)17-2)12-6-10(13)11-18(12,14)15;;/h3-5H,6H2,1-2H3,(H,11,13);;. The Morgan fingerprint density at radius 2 is 1.95 bits per heavy atom. The fourth-order valence-corrected chi connectivity index (χ4v) is 2.81.